The first kappa shape index (κ1) is 11.8. The van der Waals surface area contributed by atoms with Gasteiger partial charge in [-0.3, -0.25) is 0 Å². The molecule has 3 heteroatoms. The van der Waals surface area contributed by atoms with Gasteiger partial charge < -0.3 is 10.4 Å². The van der Waals surface area contributed by atoms with Crippen molar-refractivity contribution in [1.29, 1.82) is 0 Å². The molecule has 0 aliphatic heterocycles. The molecule has 0 fully saturated rings. The number of carboxylic acid groups (broad SMARTS) is 1. The van der Waals surface area contributed by atoms with E-state index >= 15 is 0 Å². The van der Waals surface area contributed by atoms with Crippen molar-refractivity contribution < 1.29 is 9.90 Å². The van der Waals surface area contributed by atoms with E-state index in [0.717, 1.165) is 12.8 Å². The average molecular weight is 253 g/mol. The van der Waals surface area contributed by atoms with Crippen LogP contribution in [0.2, 0.25) is 0 Å². The monoisotopic (exact) mass is 253 g/mol. The molecule has 3 nitrogen and oxygen atoms in total. The molecule has 1 aliphatic carbocycles. The highest BCUT2D eigenvalue weighted by Gasteiger charge is 2.19. The Kier molecular flexibility index (Phi) is 2.95. The summed E-state index contributed by atoms with van der Waals surface area (Å²) in [5, 5.41) is 11.0. The van der Waals surface area contributed by atoms with Crippen molar-refractivity contribution in [2.24, 2.45) is 0 Å². The normalized spacial score (nSPS) is 11.8. The topological polar surface area (TPSA) is 49.3 Å². The van der Waals surface area contributed by atoms with Crippen LogP contribution in [0.3, 0.4) is 0 Å². The fourth-order valence-electron chi connectivity index (χ4n) is 2.76. The van der Waals surface area contributed by atoms with Crippen molar-refractivity contribution >= 4 is 6.09 Å². The molecule has 0 atom stereocenters. The van der Waals surface area contributed by atoms with Crippen LogP contribution < -0.4 is 5.32 Å². The Morgan fingerprint density at radius 1 is 1.11 bits per heavy atom. The van der Waals surface area contributed by atoms with Gasteiger partial charge in [-0.2, -0.15) is 0 Å². The predicted octanol–water partition coefficient (Wildman–Crippen LogP) is 3.07. The number of benzene rings is 2. The molecule has 0 saturated heterocycles. The highest BCUT2D eigenvalue weighted by molar-refractivity contribution is 5.77. The minimum Gasteiger partial charge on any atom is -0.465 e. The van der Waals surface area contributed by atoms with Gasteiger partial charge in [0.2, 0.25) is 0 Å². The number of amides is 1. The number of hydrogen-bond donors (Lipinski definition) is 2. The summed E-state index contributed by atoms with van der Waals surface area (Å²) in [4.78, 5) is 10.5. The van der Waals surface area contributed by atoms with Crippen LogP contribution in [0.4, 0.5) is 4.79 Å². The summed E-state index contributed by atoms with van der Waals surface area (Å²) in [5.74, 6) is 0. The molecule has 0 unspecified atom stereocenters. The Morgan fingerprint density at radius 2 is 1.89 bits per heavy atom. The first-order valence-electron chi connectivity index (χ1n) is 6.41. The van der Waals surface area contributed by atoms with Crippen LogP contribution in [-0.2, 0) is 12.8 Å². The lowest BCUT2D eigenvalue weighted by atomic mass is 9.99. The van der Waals surface area contributed by atoms with E-state index in [-0.39, 0.29) is 0 Å². The van der Waals surface area contributed by atoms with Gasteiger partial charge in [-0.05, 0) is 40.7 Å². The lowest BCUT2D eigenvalue weighted by Crippen LogP contribution is -2.23. The molecule has 0 saturated carbocycles. The van der Waals surface area contributed by atoms with Gasteiger partial charge in [-0.25, -0.2) is 4.79 Å². The van der Waals surface area contributed by atoms with E-state index in [1.54, 1.807) is 0 Å². The van der Waals surface area contributed by atoms with E-state index in [4.69, 9.17) is 5.11 Å². The van der Waals surface area contributed by atoms with Crippen molar-refractivity contribution in [2.45, 2.75) is 12.8 Å². The highest BCUT2D eigenvalue weighted by Crippen LogP contribution is 2.37. The van der Waals surface area contributed by atoms with E-state index in [2.05, 4.69) is 47.8 Å². The molecular weight excluding hydrogens is 238 g/mol. The second-order valence-electron chi connectivity index (χ2n) is 4.76. The number of nitrogens with one attached hydrogen (secondary N) is 1. The Labute approximate surface area is 111 Å². The van der Waals surface area contributed by atoms with Crippen LogP contribution >= 0.6 is 0 Å². The zero-order valence-electron chi connectivity index (χ0n) is 10.5. The molecule has 2 N–H and O–H groups in total. The molecule has 0 spiro atoms. The summed E-state index contributed by atoms with van der Waals surface area (Å²) in [6.07, 6.45) is 0.731. The molecule has 0 aromatic heterocycles. The van der Waals surface area contributed by atoms with E-state index in [1.807, 2.05) is 0 Å². The molecule has 19 heavy (non-hydrogen) atoms. The Morgan fingerprint density at radius 3 is 2.74 bits per heavy atom. The van der Waals surface area contributed by atoms with Crippen LogP contribution in [0, 0.1) is 0 Å². The second kappa shape index (κ2) is 4.76. The van der Waals surface area contributed by atoms with Crippen LogP contribution in [0.25, 0.3) is 11.1 Å². The molecule has 0 bridgehead atoms. The van der Waals surface area contributed by atoms with E-state index in [1.165, 1.54) is 27.8 Å². The fraction of sp³-hybridized carbons (Fsp3) is 0.188. The molecule has 2 aromatic rings. The summed E-state index contributed by atoms with van der Waals surface area (Å²) in [6.45, 7) is 0.460. The van der Waals surface area contributed by atoms with Gasteiger partial charge in [0.15, 0.2) is 0 Å². The maximum Gasteiger partial charge on any atom is 0.404 e. The van der Waals surface area contributed by atoms with Crippen molar-refractivity contribution in [3.8, 4) is 11.1 Å². The average Bonchev–Trinajstić information content (AvgIpc) is 2.78. The van der Waals surface area contributed by atoms with Crippen molar-refractivity contribution in [1.82, 2.24) is 5.32 Å². The van der Waals surface area contributed by atoms with Gasteiger partial charge in [0, 0.05) is 6.54 Å². The molecule has 1 amide bonds. The Hall–Kier alpha value is -2.29. The quantitative estimate of drug-likeness (QED) is 0.753. The zero-order chi connectivity index (χ0) is 13.2. The van der Waals surface area contributed by atoms with Gasteiger partial charge >= 0.3 is 6.09 Å². The summed E-state index contributed by atoms with van der Waals surface area (Å²) >= 11 is 0. The summed E-state index contributed by atoms with van der Waals surface area (Å²) in [5.41, 5.74) is 6.54. The second-order valence-corrected chi connectivity index (χ2v) is 4.76. The molecule has 2 aromatic carbocycles. The number of hydrogen-bond acceptors (Lipinski definition) is 1. The third kappa shape index (κ3) is 2.19. The predicted molar refractivity (Wildman–Crippen MR) is 74.4 cm³/mol. The minimum atomic E-state index is -0.962. The Bertz CT molecular complexity index is 634. The number of rotatable bonds is 3. The van der Waals surface area contributed by atoms with Crippen molar-refractivity contribution in [3.63, 3.8) is 0 Å². The fourth-order valence-corrected chi connectivity index (χ4v) is 2.76. The first-order valence-corrected chi connectivity index (χ1v) is 6.41. The van der Waals surface area contributed by atoms with E-state index in [9.17, 15) is 4.79 Å². The van der Waals surface area contributed by atoms with Crippen molar-refractivity contribution in [2.75, 3.05) is 6.54 Å². The van der Waals surface area contributed by atoms with Gasteiger partial charge in [-0.15, -0.1) is 0 Å². The Balaban J connectivity index is 1.88. The molecule has 1 aliphatic rings. The number of carbonyl (C=O) groups is 1. The minimum absolute atomic E-state index is 0.460. The maximum absolute atomic E-state index is 10.5. The van der Waals surface area contributed by atoms with E-state index in [0.29, 0.717) is 6.54 Å². The largest absolute Gasteiger partial charge is 0.465 e. The lowest BCUT2D eigenvalue weighted by Gasteiger charge is -2.08. The third-order valence-corrected chi connectivity index (χ3v) is 3.62. The summed E-state index contributed by atoms with van der Waals surface area (Å²) in [7, 11) is 0. The van der Waals surface area contributed by atoms with E-state index < -0.39 is 6.09 Å². The molecule has 3 rings (SSSR count). The molecule has 0 heterocycles. The van der Waals surface area contributed by atoms with Crippen molar-refractivity contribution in [3.05, 3.63) is 59.2 Å². The van der Waals surface area contributed by atoms with Crippen LogP contribution in [0.1, 0.15) is 16.7 Å². The summed E-state index contributed by atoms with van der Waals surface area (Å²) < 4.78 is 0. The molecular formula is C16H15NO2. The van der Waals surface area contributed by atoms with Crippen LogP contribution in [0.15, 0.2) is 42.5 Å². The molecule has 96 valence electrons. The number of fused-ring (bicyclic) bond motifs is 3. The molecule has 0 radical (unpaired) electrons. The smallest absolute Gasteiger partial charge is 0.404 e. The standard InChI is InChI=1S/C16H15NO2/c18-16(19)17-9-8-11-5-3-7-14-13-6-2-1-4-12(13)10-15(11)14/h1-7,17H,8-10H2,(H,18,19). The zero-order valence-corrected chi connectivity index (χ0v) is 10.5. The van der Waals surface area contributed by atoms with Crippen LogP contribution in [0.5, 0.6) is 0 Å². The van der Waals surface area contributed by atoms with Gasteiger partial charge in [0.25, 0.3) is 0 Å². The maximum atomic E-state index is 10.5. The van der Waals surface area contributed by atoms with Gasteiger partial charge in [0.1, 0.15) is 0 Å². The highest BCUT2D eigenvalue weighted by atomic mass is 16.4. The SMILES string of the molecule is O=C(O)NCCc1cccc2c1Cc1ccccc1-2. The van der Waals surface area contributed by atoms with Gasteiger partial charge in [-0.1, -0.05) is 42.5 Å². The summed E-state index contributed by atoms with van der Waals surface area (Å²) in [6, 6.07) is 14.7. The first-order chi connectivity index (χ1) is 9.25. The lowest BCUT2D eigenvalue weighted by molar-refractivity contribution is 0.194. The third-order valence-electron chi connectivity index (χ3n) is 3.62. The van der Waals surface area contributed by atoms with Crippen LogP contribution in [-0.4, -0.2) is 17.7 Å². The van der Waals surface area contributed by atoms with Gasteiger partial charge in [0.05, 0.1) is 0 Å².